The van der Waals surface area contributed by atoms with Crippen LogP contribution in [0.3, 0.4) is 0 Å². The van der Waals surface area contributed by atoms with Crippen LogP contribution in [0.4, 0.5) is 0 Å². The number of hydrogen-bond donors (Lipinski definition) is 0. The van der Waals surface area contributed by atoms with Crippen LogP contribution in [0.15, 0.2) is 18.2 Å². The van der Waals surface area contributed by atoms with E-state index < -0.39 is 0 Å². The second kappa shape index (κ2) is 4.78. The van der Waals surface area contributed by atoms with Crippen molar-refractivity contribution in [2.24, 2.45) is 0 Å². The van der Waals surface area contributed by atoms with Gasteiger partial charge < -0.3 is 4.74 Å². The molecule has 2 rings (SSSR count). The average Bonchev–Trinajstić information content (AvgIpc) is 2.14. The summed E-state index contributed by atoms with van der Waals surface area (Å²) in [5, 5.41) is 9.14. The summed E-state index contributed by atoms with van der Waals surface area (Å²) in [5.74, 6) is 2.80. The second-order valence-electron chi connectivity index (χ2n) is 3.38. The fraction of sp³-hybridized carbons (Fsp3) is 0.364. The van der Waals surface area contributed by atoms with Crippen molar-refractivity contribution in [3.05, 3.63) is 28.8 Å². The molecule has 2 nitrogen and oxygen atoms in total. The van der Waals surface area contributed by atoms with E-state index in [1.54, 1.807) is 6.07 Å². The Bertz CT molecular complexity index is 398. The highest BCUT2D eigenvalue weighted by Gasteiger charge is 2.20. The van der Waals surface area contributed by atoms with Crippen molar-refractivity contribution in [3.63, 3.8) is 0 Å². The van der Waals surface area contributed by atoms with Gasteiger partial charge in [0.05, 0.1) is 17.5 Å². The van der Waals surface area contributed by atoms with Crippen molar-refractivity contribution < 1.29 is 4.74 Å². The molecule has 1 aliphatic heterocycles. The number of thioether (sulfide) groups is 1. The Kier molecular flexibility index (Phi) is 3.40. The highest BCUT2D eigenvalue weighted by Crippen LogP contribution is 2.30. The SMILES string of the molecule is N#CCc1ccc(OC2CSC2)c(Cl)c1. The minimum absolute atomic E-state index is 0.300. The van der Waals surface area contributed by atoms with Crippen molar-refractivity contribution >= 4 is 23.4 Å². The molecule has 0 aliphatic carbocycles. The zero-order chi connectivity index (χ0) is 10.7. The molecule has 0 amide bonds. The molecule has 78 valence electrons. The van der Waals surface area contributed by atoms with Crippen molar-refractivity contribution in [2.75, 3.05) is 11.5 Å². The maximum atomic E-state index is 8.55. The molecular formula is C11H10ClNOS. The van der Waals surface area contributed by atoms with E-state index in [2.05, 4.69) is 6.07 Å². The first-order chi connectivity index (χ1) is 7.29. The lowest BCUT2D eigenvalue weighted by Gasteiger charge is -2.26. The molecule has 1 aromatic carbocycles. The lowest BCUT2D eigenvalue weighted by atomic mass is 10.1. The molecule has 1 heterocycles. The van der Waals surface area contributed by atoms with Crippen LogP contribution in [0.2, 0.25) is 5.02 Å². The van der Waals surface area contributed by atoms with Crippen LogP contribution >= 0.6 is 23.4 Å². The highest BCUT2D eigenvalue weighted by atomic mass is 35.5. The molecule has 0 atom stereocenters. The van der Waals surface area contributed by atoms with Gasteiger partial charge in [0, 0.05) is 11.5 Å². The summed E-state index contributed by atoms with van der Waals surface area (Å²) in [6.45, 7) is 0. The monoisotopic (exact) mass is 239 g/mol. The number of nitrogens with zero attached hydrogens (tertiary/aromatic N) is 1. The van der Waals surface area contributed by atoms with Gasteiger partial charge in [-0.25, -0.2) is 0 Å². The van der Waals surface area contributed by atoms with Crippen LogP contribution < -0.4 is 4.74 Å². The van der Waals surface area contributed by atoms with Crippen molar-refractivity contribution in [2.45, 2.75) is 12.5 Å². The molecule has 1 aliphatic rings. The molecular weight excluding hydrogens is 230 g/mol. The first-order valence-electron chi connectivity index (χ1n) is 4.69. The Morgan fingerprint density at radius 2 is 2.33 bits per heavy atom. The lowest BCUT2D eigenvalue weighted by molar-refractivity contribution is 0.240. The maximum absolute atomic E-state index is 8.55. The van der Waals surface area contributed by atoms with Crippen molar-refractivity contribution in [1.29, 1.82) is 5.26 Å². The van der Waals surface area contributed by atoms with Crippen LogP contribution in [0.25, 0.3) is 0 Å². The van der Waals surface area contributed by atoms with E-state index in [0.717, 1.165) is 22.8 Å². The second-order valence-corrected chi connectivity index (χ2v) is 4.86. The number of ether oxygens (including phenoxy) is 1. The maximum Gasteiger partial charge on any atom is 0.138 e. The van der Waals surface area contributed by atoms with Crippen LogP contribution in [0.5, 0.6) is 5.75 Å². The van der Waals surface area contributed by atoms with E-state index in [4.69, 9.17) is 21.6 Å². The van der Waals surface area contributed by atoms with Gasteiger partial charge in [0.15, 0.2) is 0 Å². The fourth-order valence-corrected chi connectivity index (χ4v) is 2.11. The van der Waals surface area contributed by atoms with Gasteiger partial charge in [-0.1, -0.05) is 17.7 Å². The summed E-state index contributed by atoms with van der Waals surface area (Å²) in [6, 6.07) is 7.62. The molecule has 1 fully saturated rings. The molecule has 0 saturated carbocycles. The van der Waals surface area contributed by atoms with Crippen LogP contribution in [-0.4, -0.2) is 17.6 Å². The topological polar surface area (TPSA) is 33.0 Å². The predicted octanol–water partition coefficient (Wildman–Crippen LogP) is 2.90. The molecule has 1 saturated heterocycles. The van der Waals surface area contributed by atoms with Crippen LogP contribution in [0, 0.1) is 11.3 Å². The van der Waals surface area contributed by atoms with E-state index >= 15 is 0 Å². The van der Waals surface area contributed by atoms with Gasteiger partial charge in [-0.15, -0.1) is 0 Å². The molecule has 1 aromatic rings. The van der Waals surface area contributed by atoms with E-state index in [1.165, 1.54) is 0 Å². The molecule has 0 radical (unpaired) electrons. The first-order valence-corrected chi connectivity index (χ1v) is 6.22. The Hall–Kier alpha value is -0.850. The Morgan fingerprint density at radius 1 is 1.53 bits per heavy atom. The van der Waals surface area contributed by atoms with Gasteiger partial charge in [0.2, 0.25) is 0 Å². The largest absolute Gasteiger partial charge is 0.487 e. The Balaban J connectivity index is 2.08. The molecule has 0 bridgehead atoms. The van der Waals surface area contributed by atoms with Crippen molar-refractivity contribution in [1.82, 2.24) is 0 Å². The Labute approximate surface area is 98.2 Å². The van der Waals surface area contributed by atoms with Gasteiger partial charge in [-0.05, 0) is 17.7 Å². The number of halogens is 1. The van der Waals surface area contributed by atoms with Gasteiger partial charge in [-0.3, -0.25) is 0 Å². The molecule has 15 heavy (non-hydrogen) atoms. The molecule has 0 aromatic heterocycles. The third kappa shape index (κ3) is 2.58. The van der Waals surface area contributed by atoms with Gasteiger partial charge >= 0.3 is 0 Å². The smallest absolute Gasteiger partial charge is 0.138 e. The minimum atomic E-state index is 0.300. The first kappa shape index (κ1) is 10.7. The summed E-state index contributed by atoms with van der Waals surface area (Å²) in [4.78, 5) is 0. The van der Waals surface area contributed by atoms with E-state index in [-0.39, 0.29) is 0 Å². The minimum Gasteiger partial charge on any atom is -0.487 e. The Morgan fingerprint density at radius 3 is 2.87 bits per heavy atom. The predicted molar refractivity (Wildman–Crippen MR) is 62.5 cm³/mol. The van der Waals surface area contributed by atoms with Crippen LogP contribution in [-0.2, 0) is 6.42 Å². The summed E-state index contributed by atoms with van der Waals surface area (Å²) in [7, 11) is 0. The summed E-state index contributed by atoms with van der Waals surface area (Å²) in [6.07, 6.45) is 0.688. The summed E-state index contributed by atoms with van der Waals surface area (Å²) in [5.41, 5.74) is 0.929. The fourth-order valence-electron chi connectivity index (χ4n) is 1.30. The normalized spacial score (nSPS) is 15.5. The standard InChI is InChI=1S/C11H10ClNOS/c12-10-5-8(3-4-13)1-2-11(10)14-9-6-15-7-9/h1-2,5,9H,3,6-7H2. The van der Waals surface area contributed by atoms with Crippen LogP contribution in [0.1, 0.15) is 5.56 Å². The quantitative estimate of drug-likeness (QED) is 0.813. The number of benzene rings is 1. The highest BCUT2D eigenvalue weighted by molar-refractivity contribution is 8.00. The zero-order valence-electron chi connectivity index (χ0n) is 8.07. The summed E-state index contributed by atoms with van der Waals surface area (Å²) < 4.78 is 5.68. The molecule has 0 spiro atoms. The molecule has 0 unspecified atom stereocenters. The number of rotatable bonds is 3. The third-order valence-electron chi connectivity index (χ3n) is 2.18. The molecule has 4 heteroatoms. The molecule has 0 N–H and O–H groups in total. The van der Waals surface area contributed by atoms with E-state index in [1.807, 2.05) is 23.9 Å². The van der Waals surface area contributed by atoms with Gasteiger partial charge in [0.1, 0.15) is 11.9 Å². The van der Waals surface area contributed by atoms with Gasteiger partial charge in [0.25, 0.3) is 0 Å². The third-order valence-corrected chi connectivity index (χ3v) is 3.69. The summed E-state index contributed by atoms with van der Waals surface area (Å²) >= 11 is 7.92. The van der Waals surface area contributed by atoms with E-state index in [0.29, 0.717) is 17.5 Å². The average molecular weight is 240 g/mol. The number of nitriles is 1. The van der Waals surface area contributed by atoms with E-state index in [9.17, 15) is 0 Å². The zero-order valence-corrected chi connectivity index (χ0v) is 9.64. The van der Waals surface area contributed by atoms with Gasteiger partial charge in [-0.2, -0.15) is 17.0 Å². The lowest BCUT2D eigenvalue weighted by Crippen LogP contribution is -2.31. The number of hydrogen-bond acceptors (Lipinski definition) is 3. The van der Waals surface area contributed by atoms with Crippen molar-refractivity contribution in [3.8, 4) is 11.8 Å².